The highest BCUT2D eigenvalue weighted by Crippen LogP contribution is 2.31. The minimum atomic E-state index is -4.29. The molecule has 4 nitrogen and oxygen atoms in total. The molecular formula is C23H27BrF3N3O. The number of piperidine rings is 1. The summed E-state index contributed by atoms with van der Waals surface area (Å²) in [5.41, 5.74) is 1.45. The van der Waals surface area contributed by atoms with Gasteiger partial charge in [-0.05, 0) is 83.8 Å². The zero-order valence-corrected chi connectivity index (χ0v) is 18.9. The van der Waals surface area contributed by atoms with E-state index in [0.717, 1.165) is 86.7 Å². The smallest absolute Gasteiger partial charge is 0.416 e. The first-order valence-electron chi connectivity index (χ1n) is 10.7. The molecule has 8 heteroatoms. The van der Waals surface area contributed by atoms with Gasteiger partial charge in [0.25, 0.3) is 0 Å². The second kappa shape index (κ2) is 9.79. The minimum Gasteiger partial charge on any atom is -0.489 e. The number of hydrogen-bond donors (Lipinski definition) is 1. The van der Waals surface area contributed by atoms with Gasteiger partial charge < -0.3 is 15.0 Å². The predicted octanol–water partition coefficient (Wildman–Crippen LogP) is 4.92. The van der Waals surface area contributed by atoms with Gasteiger partial charge in [-0.25, -0.2) is 0 Å². The van der Waals surface area contributed by atoms with Crippen LogP contribution in [0.2, 0.25) is 0 Å². The van der Waals surface area contributed by atoms with Gasteiger partial charge in [0.1, 0.15) is 11.9 Å². The van der Waals surface area contributed by atoms with Gasteiger partial charge in [0.2, 0.25) is 0 Å². The molecule has 0 radical (unpaired) electrons. The molecule has 0 aliphatic carbocycles. The van der Waals surface area contributed by atoms with Gasteiger partial charge in [-0.3, -0.25) is 4.90 Å². The Balaban J connectivity index is 1.29. The molecule has 0 bridgehead atoms. The lowest BCUT2D eigenvalue weighted by molar-refractivity contribution is -0.137. The van der Waals surface area contributed by atoms with Crippen molar-refractivity contribution in [2.24, 2.45) is 0 Å². The largest absolute Gasteiger partial charge is 0.489 e. The normalized spacial score (nSPS) is 18.9. The number of piperazine rings is 1. The predicted molar refractivity (Wildman–Crippen MR) is 120 cm³/mol. The standard InChI is InChI=1S/C23H27BrF3N3O/c24-21-15-17(1-6-22(21)31-20-7-9-28-10-8-20)16-29-11-13-30(14-12-29)19-4-2-18(3-5-19)23(25,26)27/h1-6,15,20,28H,7-14,16H2. The van der Waals surface area contributed by atoms with Gasteiger partial charge in [0.15, 0.2) is 0 Å². The average Bonchev–Trinajstić information content (AvgIpc) is 2.76. The lowest BCUT2D eigenvalue weighted by atomic mass is 10.1. The highest BCUT2D eigenvalue weighted by Gasteiger charge is 2.30. The van der Waals surface area contributed by atoms with E-state index in [9.17, 15) is 13.2 Å². The topological polar surface area (TPSA) is 27.7 Å². The van der Waals surface area contributed by atoms with Crippen molar-refractivity contribution in [1.29, 1.82) is 0 Å². The third-order valence-electron chi connectivity index (χ3n) is 5.91. The van der Waals surface area contributed by atoms with Crippen molar-refractivity contribution in [2.45, 2.75) is 31.7 Å². The molecular weight excluding hydrogens is 471 g/mol. The second-order valence-corrected chi connectivity index (χ2v) is 8.99. The number of rotatable bonds is 5. The maximum absolute atomic E-state index is 12.8. The van der Waals surface area contributed by atoms with Crippen LogP contribution in [-0.4, -0.2) is 50.3 Å². The van der Waals surface area contributed by atoms with Gasteiger partial charge in [0, 0.05) is 38.4 Å². The van der Waals surface area contributed by atoms with Crippen LogP contribution in [0.15, 0.2) is 46.9 Å². The molecule has 0 atom stereocenters. The highest BCUT2D eigenvalue weighted by molar-refractivity contribution is 9.10. The molecule has 2 aromatic carbocycles. The molecule has 0 amide bonds. The molecule has 2 fully saturated rings. The van der Waals surface area contributed by atoms with Gasteiger partial charge in [-0.2, -0.15) is 13.2 Å². The van der Waals surface area contributed by atoms with E-state index < -0.39 is 11.7 Å². The van der Waals surface area contributed by atoms with E-state index in [-0.39, 0.29) is 6.10 Å². The number of alkyl halides is 3. The van der Waals surface area contributed by atoms with Crippen molar-refractivity contribution in [3.05, 3.63) is 58.1 Å². The molecule has 1 N–H and O–H groups in total. The first-order chi connectivity index (χ1) is 14.9. The second-order valence-electron chi connectivity index (χ2n) is 8.14. The molecule has 4 rings (SSSR count). The summed E-state index contributed by atoms with van der Waals surface area (Å²) >= 11 is 3.65. The van der Waals surface area contributed by atoms with E-state index >= 15 is 0 Å². The van der Waals surface area contributed by atoms with Gasteiger partial charge in [-0.1, -0.05) is 6.07 Å². The number of hydrogen-bond acceptors (Lipinski definition) is 4. The van der Waals surface area contributed by atoms with Crippen molar-refractivity contribution in [3.8, 4) is 5.75 Å². The average molecular weight is 498 g/mol. The van der Waals surface area contributed by atoms with Crippen LogP contribution in [0.5, 0.6) is 5.75 Å². The summed E-state index contributed by atoms with van der Waals surface area (Å²) in [7, 11) is 0. The third-order valence-corrected chi connectivity index (χ3v) is 6.53. The summed E-state index contributed by atoms with van der Waals surface area (Å²) < 4.78 is 45.4. The first kappa shape index (κ1) is 22.4. The maximum atomic E-state index is 12.8. The Morgan fingerprint density at radius 1 is 0.968 bits per heavy atom. The number of ether oxygens (including phenoxy) is 1. The number of halogens is 4. The van der Waals surface area contributed by atoms with Gasteiger partial charge >= 0.3 is 6.18 Å². The van der Waals surface area contributed by atoms with E-state index in [0.29, 0.717) is 0 Å². The molecule has 0 unspecified atom stereocenters. The summed E-state index contributed by atoms with van der Waals surface area (Å²) in [6.45, 7) is 6.16. The van der Waals surface area contributed by atoms with E-state index in [4.69, 9.17) is 4.74 Å². The van der Waals surface area contributed by atoms with Crippen molar-refractivity contribution in [3.63, 3.8) is 0 Å². The Hall–Kier alpha value is -1.77. The monoisotopic (exact) mass is 497 g/mol. The fourth-order valence-electron chi connectivity index (χ4n) is 4.11. The molecule has 0 spiro atoms. The summed E-state index contributed by atoms with van der Waals surface area (Å²) in [6.07, 6.45) is -1.98. The summed E-state index contributed by atoms with van der Waals surface area (Å²) in [6, 6.07) is 11.7. The van der Waals surface area contributed by atoms with Crippen LogP contribution in [-0.2, 0) is 12.7 Å². The first-order valence-corrected chi connectivity index (χ1v) is 11.5. The Kier molecular flexibility index (Phi) is 7.08. The Bertz CT molecular complexity index is 861. The van der Waals surface area contributed by atoms with E-state index in [1.54, 1.807) is 12.1 Å². The fourth-order valence-corrected chi connectivity index (χ4v) is 4.63. The quantitative estimate of drug-likeness (QED) is 0.634. The lowest BCUT2D eigenvalue weighted by Gasteiger charge is -2.36. The van der Waals surface area contributed by atoms with Gasteiger partial charge in [0.05, 0.1) is 10.0 Å². The Morgan fingerprint density at radius 2 is 1.65 bits per heavy atom. The van der Waals surface area contributed by atoms with E-state index in [2.05, 4.69) is 43.2 Å². The summed E-state index contributed by atoms with van der Waals surface area (Å²) in [4.78, 5) is 4.51. The van der Waals surface area contributed by atoms with Crippen molar-refractivity contribution < 1.29 is 17.9 Å². The molecule has 2 aliphatic heterocycles. The number of benzene rings is 2. The number of nitrogens with one attached hydrogen (secondary N) is 1. The zero-order valence-electron chi connectivity index (χ0n) is 17.3. The van der Waals surface area contributed by atoms with Crippen LogP contribution in [0.4, 0.5) is 18.9 Å². The summed E-state index contributed by atoms with van der Waals surface area (Å²) in [5.74, 6) is 0.891. The maximum Gasteiger partial charge on any atom is 0.416 e. The van der Waals surface area contributed by atoms with Crippen LogP contribution >= 0.6 is 15.9 Å². The minimum absolute atomic E-state index is 0.265. The highest BCUT2D eigenvalue weighted by atomic mass is 79.9. The fraction of sp³-hybridized carbons (Fsp3) is 0.478. The molecule has 0 aromatic heterocycles. The lowest BCUT2D eigenvalue weighted by Crippen LogP contribution is -2.45. The number of anilines is 1. The molecule has 0 saturated carbocycles. The summed E-state index contributed by atoms with van der Waals surface area (Å²) in [5, 5.41) is 3.35. The third kappa shape index (κ3) is 5.93. The van der Waals surface area contributed by atoms with Crippen molar-refractivity contribution >= 4 is 21.6 Å². The van der Waals surface area contributed by atoms with Crippen LogP contribution in [0.25, 0.3) is 0 Å². The zero-order chi connectivity index (χ0) is 21.8. The van der Waals surface area contributed by atoms with E-state index in [1.165, 1.54) is 5.56 Å². The Labute approximate surface area is 189 Å². The van der Waals surface area contributed by atoms with Crippen LogP contribution in [0.1, 0.15) is 24.0 Å². The van der Waals surface area contributed by atoms with Gasteiger partial charge in [-0.15, -0.1) is 0 Å². The molecule has 2 aliphatic rings. The SMILES string of the molecule is FC(F)(F)c1ccc(N2CCN(Cc3ccc(OC4CCNCC4)c(Br)c3)CC2)cc1. The van der Waals surface area contributed by atoms with Crippen LogP contribution < -0.4 is 15.0 Å². The molecule has 2 aromatic rings. The van der Waals surface area contributed by atoms with Crippen LogP contribution in [0.3, 0.4) is 0 Å². The number of nitrogens with zero attached hydrogens (tertiary/aromatic N) is 2. The van der Waals surface area contributed by atoms with Crippen LogP contribution in [0, 0.1) is 0 Å². The molecule has 31 heavy (non-hydrogen) atoms. The van der Waals surface area contributed by atoms with E-state index in [1.807, 2.05) is 6.07 Å². The molecule has 2 saturated heterocycles. The molecule has 168 valence electrons. The van der Waals surface area contributed by atoms with Crippen molar-refractivity contribution in [2.75, 3.05) is 44.2 Å². The van der Waals surface area contributed by atoms with Crippen molar-refractivity contribution in [1.82, 2.24) is 10.2 Å². The molecule has 2 heterocycles. The Morgan fingerprint density at radius 3 is 2.26 bits per heavy atom.